The molecule has 3 heterocycles. The Balaban J connectivity index is 1.31. The highest BCUT2D eigenvalue weighted by molar-refractivity contribution is 6.90. The maximum atomic E-state index is 2.62. The maximum Gasteiger partial charge on any atom is 0.333 e. The molecule has 1 aromatic heterocycles. The van der Waals surface area contributed by atoms with Gasteiger partial charge in [0.25, 0.3) is 0 Å². The number of hydrogen-bond donors (Lipinski definition) is 0. The van der Waals surface area contributed by atoms with Crippen molar-refractivity contribution < 1.29 is 0 Å². The van der Waals surface area contributed by atoms with Crippen molar-refractivity contribution in [2.45, 2.75) is 0 Å². The third-order valence-corrected chi connectivity index (χ3v) is 9.76. The highest BCUT2D eigenvalue weighted by Gasteiger charge is 2.42. The van der Waals surface area contributed by atoms with Crippen LogP contribution in [0.1, 0.15) is 0 Å². The van der Waals surface area contributed by atoms with Crippen molar-refractivity contribution in [1.29, 1.82) is 0 Å². The molecule has 2 aliphatic rings. The Morgan fingerprint density at radius 1 is 0.422 bits per heavy atom. The molecule has 3 heteroatoms. The molecule has 0 saturated carbocycles. The lowest BCUT2D eigenvalue weighted by molar-refractivity contribution is 1.25. The summed E-state index contributed by atoms with van der Waals surface area (Å²) in [6.07, 6.45) is 0. The van der Waals surface area contributed by atoms with E-state index < -0.39 is 0 Å². The summed E-state index contributed by atoms with van der Waals surface area (Å²) in [5.74, 6) is 0. The van der Waals surface area contributed by atoms with Crippen molar-refractivity contribution in [3.63, 3.8) is 0 Å². The predicted molar refractivity (Wildman–Crippen MR) is 191 cm³/mol. The first-order valence-corrected chi connectivity index (χ1v) is 15.6. The van der Waals surface area contributed by atoms with Crippen molar-refractivity contribution in [2.24, 2.45) is 0 Å². The van der Waals surface area contributed by atoms with Gasteiger partial charge < -0.3 is 9.38 Å². The normalized spacial score (nSPS) is 12.8. The van der Waals surface area contributed by atoms with Gasteiger partial charge in [0, 0.05) is 44.4 Å². The van der Waals surface area contributed by atoms with Crippen LogP contribution in [0, 0.1) is 0 Å². The van der Waals surface area contributed by atoms with Crippen molar-refractivity contribution in [3.05, 3.63) is 164 Å². The Morgan fingerprint density at radius 2 is 1.07 bits per heavy atom. The minimum atomic E-state index is 0.0423. The van der Waals surface area contributed by atoms with Crippen molar-refractivity contribution in [2.75, 3.05) is 4.90 Å². The average molecular weight is 571 g/mol. The molecule has 0 unspecified atom stereocenters. The van der Waals surface area contributed by atoms with E-state index in [4.69, 9.17) is 0 Å². The van der Waals surface area contributed by atoms with Gasteiger partial charge in [-0.1, -0.05) is 133 Å². The van der Waals surface area contributed by atoms with Crippen LogP contribution in [0.2, 0.25) is 0 Å². The smallest absolute Gasteiger partial charge is 0.333 e. The van der Waals surface area contributed by atoms with E-state index in [0.717, 1.165) is 0 Å². The molecular formula is C42H27BN2. The summed E-state index contributed by atoms with van der Waals surface area (Å²) in [7, 11) is 0. The van der Waals surface area contributed by atoms with Gasteiger partial charge in [0.1, 0.15) is 0 Å². The number of anilines is 3. The molecular weight excluding hydrogens is 543 g/mol. The number of fused-ring (bicyclic) bond motifs is 7. The first kappa shape index (κ1) is 24.6. The highest BCUT2D eigenvalue weighted by Crippen LogP contribution is 2.45. The summed E-state index contributed by atoms with van der Waals surface area (Å²) >= 11 is 0. The number of aromatic nitrogens is 1. The molecule has 0 fully saturated rings. The molecule has 2 nitrogen and oxygen atoms in total. The standard InChI is InChI=1S/C42H27BN2/c1-3-12-28(13-4-1)30-16-9-17-32(26-30)44-39-25-24-31(29-14-5-2-6-15-29)27-37(39)43-41-34(19-11-23-40(41)44)36-21-10-20-35-33-18-7-8-22-38(33)45(43)42(35)36/h1-27H. The van der Waals surface area contributed by atoms with E-state index in [2.05, 4.69) is 173 Å². The van der Waals surface area contributed by atoms with E-state index in [1.54, 1.807) is 0 Å². The van der Waals surface area contributed by atoms with Crippen LogP contribution in [0.25, 0.3) is 55.2 Å². The molecule has 0 bridgehead atoms. The zero-order valence-electron chi connectivity index (χ0n) is 24.6. The Hall–Kier alpha value is -5.80. The van der Waals surface area contributed by atoms with E-state index in [1.807, 2.05) is 0 Å². The Kier molecular flexibility index (Phi) is 5.12. The van der Waals surface area contributed by atoms with Crippen LogP contribution < -0.4 is 15.8 Å². The number of nitrogens with zero attached hydrogens (tertiary/aromatic N) is 2. The second-order valence-electron chi connectivity index (χ2n) is 12.1. The number of para-hydroxylation sites is 2. The van der Waals surface area contributed by atoms with Crippen LogP contribution >= 0.6 is 0 Å². The fourth-order valence-electron chi connectivity index (χ4n) is 7.88. The highest BCUT2D eigenvalue weighted by atomic mass is 15.2. The summed E-state index contributed by atoms with van der Waals surface area (Å²) in [5, 5.41) is 2.63. The average Bonchev–Trinajstić information content (AvgIpc) is 3.45. The van der Waals surface area contributed by atoms with Crippen LogP contribution in [0.3, 0.4) is 0 Å². The summed E-state index contributed by atoms with van der Waals surface area (Å²) in [4.78, 5) is 2.49. The molecule has 0 radical (unpaired) electrons. The van der Waals surface area contributed by atoms with Gasteiger partial charge in [-0.2, -0.15) is 0 Å². The van der Waals surface area contributed by atoms with E-state index in [9.17, 15) is 0 Å². The maximum absolute atomic E-state index is 2.62. The first-order valence-electron chi connectivity index (χ1n) is 15.6. The van der Waals surface area contributed by atoms with Gasteiger partial charge in [-0.15, -0.1) is 0 Å². The predicted octanol–water partition coefficient (Wildman–Crippen LogP) is 9.55. The van der Waals surface area contributed by atoms with Crippen LogP contribution in [-0.4, -0.2) is 11.3 Å². The molecule has 0 spiro atoms. The van der Waals surface area contributed by atoms with Gasteiger partial charge >= 0.3 is 6.85 Å². The monoisotopic (exact) mass is 570 g/mol. The van der Waals surface area contributed by atoms with Crippen molar-refractivity contribution >= 4 is 56.6 Å². The quantitative estimate of drug-likeness (QED) is 0.192. The van der Waals surface area contributed by atoms with Gasteiger partial charge in [-0.3, -0.25) is 0 Å². The minimum Gasteiger partial charge on any atom is -0.375 e. The molecule has 7 aromatic carbocycles. The van der Waals surface area contributed by atoms with E-state index >= 15 is 0 Å². The molecule has 0 amide bonds. The zero-order valence-corrected chi connectivity index (χ0v) is 24.6. The summed E-state index contributed by atoms with van der Waals surface area (Å²) in [5.41, 5.74) is 16.4. The molecule has 2 aliphatic heterocycles. The fraction of sp³-hybridized carbons (Fsp3) is 0. The third kappa shape index (κ3) is 3.47. The number of benzene rings is 7. The largest absolute Gasteiger partial charge is 0.375 e. The second kappa shape index (κ2) is 9.35. The molecule has 0 N–H and O–H groups in total. The SMILES string of the molecule is c1ccc(-c2cccc(N3c4ccc(-c5ccccc5)cc4B4c5c(cccc53)-c3cccc5c6ccccc6n4c35)c2)cc1. The topological polar surface area (TPSA) is 8.17 Å². The van der Waals surface area contributed by atoms with Crippen molar-refractivity contribution in [1.82, 2.24) is 4.48 Å². The summed E-state index contributed by atoms with van der Waals surface area (Å²) in [6.45, 7) is 0.0423. The first-order chi connectivity index (χ1) is 22.3. The lowest BCUT2D eigenvalue weighted by Gasteiger charge is -2.40. The van der Waals surface area contributed by atoms with Gasteiger partial charge in [-0.25, -0.2) is 0 Å². The van der Waals surface area contributed by atoms with E-state index in [-0.39, 0.29) is 6.85 Å². The van der Waals surface area contributed by atoms with Crippen LogP contribution in [0.4, 0.5) is 17.1 Å². The van der Waals surface area contributed by atoms with Crippen LogP contribution in [-0.2, 0) is 0 Å². The van der Waals surface area contributed by atoms with E-state index in [1.165, 1.54) is 83.2 Å². The Labute approximate surface area is 262 Å². The fourth-order valence-corrected chi connectivity index (χ4v) is 7.88. The summed E-state index contributed by atoms with van der Waals surface area (Å²) in [6, 6.07) is 60.1. The molecule has 8 aromatic rings. The minimum absolute atomic E-state index is 0.0423. The third-order valence-electron chi connectivity index (χ3n) is 9.76. The molecule has 0 saturated heterocycles. The van der Waals surface area contributed by atoms with Crippen LogP contribution in [0.5, 0.6) is 0 Å². The van der Waals surface area contributed by atoms with Gasteiger partial charge in [0.2, 0.25) is 0 Å². The Morgan fingerprint density at radius 3 is 1.89 bits per heavy atom. The van der Waals surface area contributed by atoms with Crippen molar-refractivity contribution in [3.8, 4) is 33.4 Å². The number of hydrogen-bond acceptors (Lipinski definition) is 1. The number of rotatable bonds is 3. The summed E-state index contributed by atoms with van der Waals surface area (Å²) < 4.78 is 2.62. The molecule has 0 aliphatic carbocycles. The molecule has 0 atom stereocenters. The van der Waals surface area contributed by atoms with Gasteiger partial charge in [-0.05, 0) is 69.1 Å². The van der Waals surface area contributed by atoms with Gasteiger partial charge in [0.05, 0.1) is 0 Å². The molecule has 208 valence electrons. The zero-order chi connectivity index (χ0) is 29.5. The molecule has 45 heavy (non-hydrogen) atoms. The van der Waals surface area contributed by atoms with Crippen LogP contribution in [0.15, 0.2) is 164 Å². The molecule has 10 rings (SSSR count). The van der Waals surface area contributed by atoms with E-state index in [0.29, 0.717) is 0 Å². The second-order valence-corrected chi connectivity index (χ2v) is 12.1. The van der Waals surface area contributed by atoms with Gasteiger partial charge in [0.15, 0.2) is 0 Å². The Bertz CT molecular complexity index is 2440. The lowest BCUT2D eigenvalue weighted by Crippen LogP contribution is -2.56. The lowest BCUT2D eigenvalue weighted by atomic mass is 9.45.